The average Bonchev–Trinajstić information content (AvgIpc) is 3.10. The predicted molar refractivity (Wildman–Crippen MR) is 70.2 cm³/mol. The second kappa shape index (κ2) is 4.77. The molecule has 3 heterocycles. The second-order valence-electron chi connectivity index (χ2n) is 5.23. The summed E-state index contributed by atoms with van der Waals surface area (Å²) in [5.74, 6) is 0.954. The van der Waals surface area contributed by atoms with Crippen molar-refractivity contribution in [2.24, 2.45) is 0 Å². The van der Waals surface area contributed by atoms with Gasteiger partial charge in [0.1, 0.15) is 5.76 Å². The van der Waals surface area contributed by atoms with Crippen LogP contribution in [0.1, 0.15) is 52.1 Å². The third kappa shape index (κ3) is 2.01. The van der Waals surface area contributed by atoms with Crippen LogP contribution >= 0.6 is 0 Å². The molecule has 0 spiro atoms. The van der Waals surface area contributed by atoms with E-state index in [1.165, 1.54) is 0 Å². The Morgan fingerprint density at radius 2 is 2.10 bits per heavy atom. The van der Waals surface area contributed by atoms with Gasteiger partial charge in [-0.3, -0.25) is 4.79 Å². The highest BCUT2D eigenvalue weighted by atomic mass is 16.5. The Hall–Kier alpha value is -2.11. The van der Waals surface area contributed by atoms with Crippen molar-refractivity contribution in [1.82, 2.24) is 15.2 Å². The maximum absolute atomic E-state index is 12.5. The van der Waals surface area contributed by atoms with Crippen molar-refractivity contribution in [2.75, 3.05) is 6.54 Å². The van der Waals surface area contributed by atoms with Gasteiger partial charge in [-0.1, -0.05) is 10.3 Å². The molecule has 1 fully saturated rings. The molecule has 0 aromatic carbocycles. The minimum atomic E-state index is -0.117. The van der Waals surface area contributed by atoms with E-state index in [1.54, 1.807) is 13.0 Å². The van der Waals surface area contributed by atoms with Gasteiger partial charge in [-0.2, -0.15) is 0 Å². The number of rotatable bonds is 2. The van der Waals surface area contributed by atoms with E-state index in [0.29, 0.717) is 18.0 Å². The fraction of sp³-hybridized carbons (Fsp3) is 0.500. The van der Waals surface area contributed by atoms with Crippen molar-refractivity contribution in [2.45, 2.75) is 39.7 Å². The number of nitrogens with zero attached hydrogens (tertiary/aromatic N) is 3. The standard InChI is InChI=1S/C14H17N3O3/c1-8-7-12(20-15-8)14(18)17-6-4-5-11(17)13-9(2)16-19-10(13)3/h7,11H,4-6H2,1-3H3/t11-/m0/s1. The van der Waals surface area contributed by atoms with Gasteiger partial charge in [-0.15, -0.1) is 0 Å². The summed E-state index contributed by atoms with van der Waals surface area (Å²) < 4.78 is 10.3. The fourth-order valence-corrected chi connectivity index (χ4v) is 2.88. The van der Waals surface area contributed by atoms with Gasteiger partial charge in [0.25, 0.3) is 5.91 Å². The first-order chi connectivity index (χ1) is 9.58. The Labute approximate surface area is 116 Å². The monoisotopic (exact) mass is 275 g/mol. The van der Waals surface area contributed by atoms with Gasteiger partial charge in [0.05, 0.1) is 17.4 Å². The molecule has 106 valence electrons. The van der Waals surface area contributed by atoms with Crippen molar-refractivity contribution in [3.63, 3.8) is 0 Å². The third-order valence-corrected chi connectivity index (χ3v) is 3.77. The smallest absolute Gasteiger partial charge is 0.292 e. The quantitative estimate of drug-likeness (QED) is 0.842. The SMILES string of the molecule is Cc1cc(C(=O)N2CCC[C@H]2c2c(C)noc2C)on1. The molecule has 2 aromatic heterocycles. The number of carbonyl (C=O) groups excluding carboxylic acids is 1. The molecule has 1 amide bonds. The highest BCUT2D eigenvalue weighted by molar-refractivity contribution is 5.92. The summed E-state index contributed by atoms with van der Waals surface area (Å²) in [7, 11) is 0. The van der Waals surface area contributed by atoms with Crippen molar-refractivity contribution >= 4 is 5.91 Å². The van der Waals surface area contributed by atoms with Gasteiger partial charge in [0.2, 0.25) is 5.76 Å². The number of amides is 1. The summed E-state index contributed by atoms with van der Waals surface area (Å²) >= 11 is 0. The lowest BCUT2D eigenvalue weighted by Crippen LogP contribution is -2.30. The van der Waals surface area contributed by atoms with E-state index in [-0.39, 0.29) is 11.9 Å². The molecule has 1 atom stereocenters. The molecule has 0 radical (unpaired) electrons. The second-order valence-corrected chi connectivity index (χ2v) is 5.23. The maximum atomic E-state index is 12.5. The highest BCUT2D eigenvalue weighted by Crippen LogP contribution is 2.36. The summed E-state index contributed by atoms with van der Waals surface area (Å²) in [6.07, 6.45) is 1.88. The van der Waals surface area contributed by atoms with Crippen molar-refractivity contribution in [1.29, 1.82) is 0 Å². The van der Waals surface area contributed by atoms with Crippen LogP contribution in [0, 0.1) is 20.8 Å². The summed E-state index contributed by atoms with van der Waals surface area (Å²) in [6.45, 7) is 6.31. The first-order valence-corrected chi connectivity index (χ1v) is 6.75. The van der Waals surface area contributed by atoms with Crippen molar-refractivity contribution in [3.8, 4) is 0 Å². The van der Waals surface area contributed by atoms with Crippen LogP contribution in [0.5, 0.6) is 0 Å². The van der Waals surface area contributed by atoms with Crippen molar-refractivity contribution in [3.05, 3.63) is 34.5 Å². The van der Waals surface area contributed by atoms with E-state index in [9.17, 15) is 4.79 Å². The Bertz CT molecular complexity index is 624. The molecule has 3 rings (SSSR count). The van der Waals surface area contributed by atoms with Crippen LogP contribution in [0.15, 0.2) is 15.1 Å². The molecule has 0 unspecified atom stereocenters. The molecule has 0 bridgehead atoms. The van der Waals surface area contributed by atoms with E-state index in [2.05, 4.69) is 10.3 Å². The van der Waals surface area contributed by atoms with Crippen LogP contribution in [-0.4, -0.2) is 27.7 Å². The molecule has 1 aliphatic rings. The van der Waals surface area contributed by atoms with Crippen LogP contribution in [-0.2, 0) is 0 Å². The predicted octanol–water partition coefficient (Wildman–Crippen LogP) is 2.57. The van der Waals surface area contributed by atoms with Gasteiger partial charge >= 0.3 is 0 Å². The van der Waals surface area contributed by atoms with E-state index >= 15 is 0 Å². The molecule has 2 aromatic rings. The summed E-state index contributed by atoms with van der Waals surface area (Å²) in [4.78, 5) is 14.4. The molecule has 0 N–H and O–H groups in total. The van der Waals surface area contributed by atoms with E-state index in [0.717, 1.165) is 29.9 Å². The lowest BCUT2D eigenvalue weighted by atomic mass is 10.0. The number of carbonyl (C=O) groups is 1. The van der Waals surface area contributed by atoms with E-state index < -0.39 is 0 Å². The summed E-state index contributed by atoms with van der Waals surface area (Å²) in [5.41, 5.74) is 2.58. The van der Waals surface area contributed by atoms with Crippen LogP contribution < -0.4 is 0 Å². The minimum absolute atomic E-state index is 0.0131. The Kier molecular flexibility index (Phi) is 3.08. The first-order valence-electron chi connectivity index (χ1n) is 6.75. The topological polar surface area (TPSA) is 72.4 Å². The Morgan fingerprint density at radius 1 is 1.30 bits per heavy atom. The zero-order chi connectivity index (χ0) is 14.3. The van der Waals surface area contributed by atoms with Gasteiger partial charge in [0.15, 0.2) is 0 Å². The van der Waals surface area contributed by atoms with Gasteiger partial charge < -0.3 is 13.9 Å². The maximum Gasteiger partial charge on any atom is 0.292 e. The molecular weight excluding hydrogens is 258 g/mol. The molecule has 1 aliphatic heterocycles. The molecule has 1 saturated heterocycles. The van der Waals surface area contributed by atoms with Crippen LogP contribution in [0.4, 0.5) is 0 Å². The molecule has 6 nitrogen and oxygen atoms in total. The average molecular weight is 275 g/mol. The van der Waals surface area contributed by atoms with Crippen LogP contribution in [0.25, 0.3) is 0 Å². The summed E-state index contributed by atoms with van der Waals surface area (Å²) in [6, 6.07) is 1.68. The number of aryl methyl sites for hydroxylation is 3. The number of hydrogen-bond donors (Lipinski definition) is 0. The number of likely N-dealkylation sites (tertiary alicyclic amines) is 1. The number of hydrogen-bond acceptors (Lipinski definition) is 5. The van der Waals surface area contributed by atoms with Crippen LogP contribution in [0.3, 0.4) is 0 Å². The van der Waals surface area contributed by atoms with E-state index in [4.69, 9.17) is 9.05 Å². The fourth-order valence-electron chi connectivity index (χ4n) is 2.88. The summed E-state index contributed by atoms with van der Waals surface area (Å²) in [5, 5.41) is 7.76. The molecule has 6 heteroatoms. The van der Waals surface area contributed by atoms with Gasteiger partial charge in [-0.25, -0.2) is 0 Å². The normalized spacial score (nSPS) is 18.8. The minimum Gasteiger partial charge on any atom is -0.361 e. The lowest BCUT2D eigenvalue weighted by molar-refractivity contribution is 0.0692. The molecular formula is C14H17N3O3. The van der Waals surface area contributed by atoms with Gasteiger partial charge in [-0.05, 0) is 33.6 Å². The molecule has 20 heavy (non-hydrogen) atoms. The van der Waals surface area contributed by atoms with E-state index in [1.807, 2.05) is 18.7 Å². The molecule has 0 aliphatic carbocycles. The third-order valence-electron chi connectivity index (χ3n) is 3.77. The Balaban J connectivity index is 1.91. The highest BCUT2D eigenvalue weighted by Gasteiger charge is 2.35. The van der Waals surface area contributed by atoms with Gasteiger partial charge in [0, 0.05) is 18.2 Å². The van der Waals surface area contributed by atoms with Crippen molar-refractivity contribution < 1.29 is 13.8 Å². The van der Waals surface area contributed by atoms with Crippen LogP contribution in [0.2, 0.25) is 0 Å². The first kappa shape index (κ1) is 12.9. The Morgan fingerprint density at radius 3 is 2.70 bits per heavy atom. The molecule has 0 saturated carbocycles. The zero-order valence-electron chi connectivity index (χ0n) is 11.8. The number of aromatic nitrogens is 2. The zero-order valence-corrected chi connectivity index (χ0v) is 11.8. The largest absolute Gasteiger partial charge is 0.361 e. The lowest BCUT2D eigenvalue weighted by Gasteiger charge is -2.23.